The van der Waals surface area contributed by atoms with E-state index in [0.29, 0.717) is 0 Å². The van der Waals surface area contributed by atoms with Crippen LogP contribution in [0.4, 0.5) is 30.7 Å². The topological polar surface area (TPSA) is 143 Å². The zero-order valence-corrected chi connectivity index (χ0v) is 25.9. The number of Topliss-reactive ketones (excluding diaryl/α,β-unsaturated/α-hetero) is 1. The largest absolute Gasteiger partial charge is 0.497 e. The second-order valence-corrected chi connectivity index (χ2v) is 10.9. The Balaban J connectivity index is 2.33. The fourth-order valence-corrected chi connectivity index (χ4v) is 4.09. The smallest absolute Gasteiger partial charge is 0.405 e. The molecular formula is C29H30ClF7N4O6. The summed E-state index contributed by atoms with van der Waals surface area (Å²) in [6.07, 6.45) is -5.06. The van der Waals surface area contributed by atoms with E-state index in [1.54, 1.807) is 0 Å². The van der Waals surface area contributed by atoms with Crippen molar-refractivity contribution >= 4 is 41.0 Å². The lowest BCUT2D eigenvalue weighted by molar-refractivity contribution is -0.165. The van der Waals surface area contributed by atoms with E-state index in [2.05, 4.69) is 5.32 Å². The van der Waals surface area contributed by atoms with Crippen molar-refractivity contribution < 1.29 is 59.4 Å². The summed E-state index contributed by atoms with van der Waals surface area (Å²) in [5.74, 6) is -19.3. The molecule has 0 bridgehead atoms. The zero-order chi connectivity index (χ0) is 35.9. The van der Waals surface area contributed by atoms with Gasteiger partial charge in [0, 0.05) is 10.6 Å². The molecule has 0 spiro atoms. The van der Waals surface area contributed by atoms with E-state index < -0.39 is 83.6 Å². The molecular weight excluding hydrogens is 669 g/mol. The number of alkyl halides is 7. The number of ether oxygens (including phenoxy) is 1. The second-order valence-electron chi connectivity index (χ2n) is 10.5. The summed E-state index contributed by atoms with van der Waals surface area (Å²) in [5.41, 5.74) is -0.817. The van der Waals surface area contributed by atoms with Crippen LogP contribution in [0.2, 0.25) is 5.02 Å². The minimum atomic E-state index is -5.06. The molecule has 47 heavy (non-hydrogen) atoms. The van der Waals surface area contributed by atoms with Gasteiger partial charge in [0.05, 0.1) is 13.2 Å². The SMILES string of the molecule is COc1ccc([C@H](NC(=O)[C@H](C)NC(=O)C(F)(F)c2cccc(Cl)c2)C(=O)N[C@H](C(=O)C(F)(F)C(=O)NCC(F)(F)F)C(C)C)cc1. The number of amides is 4. The number of benzene rings is 2. The standard InChI is InChI=1S/C29H30ClF7N4O6/c1-14(2)20(22(42)29(36,37)25(45)38-13-27(31,32)33)40-24(44)21(16-8-10-19(47-4)11-9-16)41-23(43)15(3)39-26(46)28(34,35)17-6-5-7-18(30)12-17/h5-12,14-15,20-21H,13H2,1-4H3,(H,38,45)(H,39,46)(H,40,44)(H,41,43)/t15-,20-,21-/m0/s1. The lowest BCUT2D eigenvalue weighted by Crippen LogP contribution is -2.58. The minimum Gasteiger partial charge on any atom is -0.497 e. The van der Waals surface area contributed by atoms with Crippen molar-refractivity contribution in [2.75, 3.05) is 13.7 Å². The molecule has 0 aliphatic carbocycles. The first-order valence-electron chi connectivity index (χ1n) is 13.6. The molecule has 2 aromatic rings. The summed E-state index contributed by atoms with van der Waals surface area (Å²) >= 11 is 5.72. The summed E-state index contributed by atoms with van der Waals surface area (Å²) in [5, 5.41) is 6.80. The van der Waals surface area contributed by atoms with Crippen LogP contribution in [-0.4, -0.2) is 67.2 Å². The molecule has 2 rings (SSSR count). The van der Waals surface area contributed by atoms with E-state index in [1.807, 2.05) is 10.6 Å². The Hall–Kier alpha value is -4.41. The lowest BCUT2D eigenvalue weighted by atomic mass is 9.94. The average molecular weight is 699 g/mol. The van der Waals surface area contributed by atoms with Gasteiger partial charge < -0.3 is 26.0 Å². The Morgan fingerprint density at radius 2 is 1.40 bits per heavy atom. The van der Waals surface area contributed by atoms with Crippen molar-refractivity contribution in [2.45, 2.75) is 56.9 Å². The molecule has 4 N–H and O–H groups in total. The molecule has 0 heterocycles. The monoisotopic (exact) mass is 698 g/mol. The molecule has 18 heteroatoms. The lowest BCUT2D eigenvalue weighted by Gasteiger charge is -2.28. The molecule has 0 aliphatic heterocycles. The van der Waals surface area contributed by atoms with Gasteiger partial charge in [-0.05, 0) is 42.7 Å². The number of nitrogens with one attached hydrogen (secondary N) is 4. The maximum atomic E-state index is 14.8. The van der Waals surface area contributed by atoms with Gasteiger partial charge in [0.25, 0.3) is 11.8 Å². The van der Waals surface area contributed by atoms with Gasteiger partial charge in [0.2, 0.25) is 17.6 Å². The molecule has 0 aliphatic rings. The average Bonchev–Trinajstić information content (AvgIpc) is 2.99. The first kappa shape index (κ1) is 38.8. The van der Waals surface area contributed by atoms with Crippen LogP contribution in [0.15, 0.2) is 48.5 Å². The highest BCUT2D eigenvalue weighted by atomic mass is 35.5. The van der Waals surface area contributed by atoms with Crippen LogP contribution in [0.25, 0.3) is 0 Å². The van der Waals surface area contributed by atoms with E-state index in [1.165, 1.54) is 57.4 Å². The third-order valence-corrected chi connectivity index (χ3v) is 6.74. The van der Waals surface area contributed by atoms with Crippen LogP contribution in [0, 0.1) is 5.92 Å². The zero-order valence-electron chi connectivity index (χ0n) is 25.1. The Morgan fingerprint density at radius 1 is 0.809 bits per heavy atom. The van der Waals surface area contributed by atoms with E-state index in [9.17, 15) is 54.7 Å². The molecule has 3 atom stereocenters. The molecule has 0 saturated carbocycles. The van der Waals surface area contributed by atoms with Crippen molar-refractivity contribution in [3.05, 3.63) is 64.7 Å². The first-order valence-corrected chi connectivity index (χ1v) is 14.0. The molecule has 0 fully saturated rings. The third kappa shape index (κ3) is 10.3. The third-order valence-electron chi connectivity index (χ3n) is 6.50. The van der Waals surface area contributed by atoms with Crippen molar-refractivity contribution in [2.24, 2.45) is 5.92 Å². The Kier molecular flexibility index (Phi) is 12.7. The number of carbonyl (C=O) groups is 5. The molecule has 0 aromatic heterocycles. The van der Waals surface area contributed by atoms with Crippen molar-refractivity contribution in [1.29, 1.82) is 0 Å². The number of carbonyl (C=O) groups excluding carboxylic acids is 5. The van der Waals surface area contributed by atoms with Gasteiger partial charge in [0.15, 0.2) is 0 Å². The highest BCUT2D eigenvalue weighted by molar-refractivity contribution is 6.30. The van der Waals surface area contributed by atoms with E-state index in [-0.39, 0.29) is 16.3 Å². The van der Waals surface area contributed by atoms with Gasteiger partial charge in [-0.25, -0.2) is 0 Å². The van der Waals surface area contributed by atoms with Gasteiger partial charge in [-0.15, -0.1) is 0 Å². The maximum Gasteiger partial charge on any atom is 0.405 e. The fraction of sp³-hybridized carbons (Fsp3) is 0.414. The van der Waals surface area contributed by atoms with E-state index in [4.69, 9.17) is 16.3 Å². The molecule has 0 radical (unpaired) electrons. The van der Waals surface area contributed by atoms with Crippen molar-refractivity contribution in [3.63, 3.8) is 0 Å². The molecule has 258 valence electrons. The number of ketones is 1. The van der Waals surface area contributed by atoms with Crippen LogP contribution in [0.1, 0.15) is 37.9 Å². The first-order chi connectivity index (χ1) is 21.6. The summed E-state index contributed by atoms with van der Waals surface area (Å²) in [6.45, 7) is 1.22. The summed E-state index contributed by atoms with van der Waals surface area (Å²) in [6, 6.07) is 3.71. The highest BCUT2D eigenvalue weighted by Gasteiger charge is 2.52. The molecule has 4 amide bonds. The Bertz CT molecular complexity index is 1470. The second kappa shape index (κ2) is 15.5. The predicted molar refractivity (Wildman–Crippen MR) is 153 cm³/mol. The van der Waals surface area contributed by atoms with Crippen LogP contribution in [0.5, 0.6) is 5.75 Å². The van der Waals surface area contributed by atoms with Gasteiger partial charge in [0.1, 0.15) is 24.4 Å². The fourth-order valence-electron chi connectivity index (χ4n) is 3.90. The number of methoxy groups -OCH3 is 1. The molecule has 2 aromatic carbocycles. The minimum absolute atomic E-state index is 0.0379. The number of rotatable bonds is 14. The Labute approximate surface area is 268 Å². The maximum absolute atomic E-state index is 14.8. The van der Waals surface area contributed by atoms with Crippen LogP contribution in [0.3, 0.4) is 0 Å². The van der Waals surface area contributed by atoms with Crippen molar-refractivity contribution in [3.8, 4) is 5.75 Å². The molecule has 0 saturated heterocycles. The summed E-state index contributed by atoms with van der Waals surface area (Å²) in [4.78, 5) is 63.4. The highest BCUT2D eigenvalue weighted by Crippen LogP contribution is 2.30. The summed E-state index contributed by atoms with van der Waals surface area (Å²) in [7, 11) is 1.31. The van der Waals surface area contributed by atoms with Gasteiger partial charge >= 0.3 is 18.0 Å². The van der Waals surface area contributed by atoms with Crippen LogP contribution in [-0.2, 0) is 29.9 Å². The number of hydrogen-bond donors (Lipinski definition) is 4. The van der Waals surface area contributed by atoms with Crippen LogP contribution >= 0.6 is 11.6 Å². The van der Waals surface area contributed by atoms with Gasteiger partial charge in [-0.3, -0.25) is 24.0 Å². The normalized spacial score (nSPS) is 14.0. The predicted octanol–water partition coefficient (Wildman–Crippen LogP) is 3.83. The summed E-state index contributed by atoms with van der Waals surface area (Å²) < 4.78 is 101. The van der Waals surface area contributed by atoms with Crippen LogP contribution < -0.4 is 26.0 Å². The number of halogens is 8. The Morgan fingerprint density at radius 3 is 1.91 bits per heavy atom. The van der Waals surface area contributed by atoms with Gasteiger partial charge in [-0.1, -0.05) is 49.7 Å². The molecule has 10 nitrogen and oxygen atoms in total. The number of hydrogen-bond acceptors (Lipinski definition) is 6. The van der Waals surface area contributed by atoms with E-state index >= 15 is 0 Å². The van der Waals surface area contributed by atoms with Crippen molar-refractivity contribution in [1.82, 2.24) is 21.3 Å². The quantitative estimate of drug-likeness (QED) is 0.175. The van der Waals surface area contributed by atoms with Gasteiger partial charge in [-0.2, -0.15) is 30.7 Å². The molecule has 0 unspecified atom stereocenters. The van der Waals surface area contributed by atoms with E-state index in [0.717, 1.165) is 24.4 Å².